The molecular weight excluding hydrogens is 284 g/mol. The highest BCUT2D eigenvalue weighted by Gasteiger charge is 2.36. The number of rotatable bonds is 5. The van der Waals surface area contributed by atoms with Gasteiger partial charge < -0.3 is 5.32 Å². The van der Waals surface area contributed by atoms with Gasteiger partial charge in [0.1, 0.15) is 0 Å². The summed E-state index contributed by atoms with van der Waals surface area (Å²) in [7, 11) is 0. The van der Waals surface area contributed by atoms with Crippen LogP contribution in [0.1, 0.15) is 23.1 Å². The second-order valence-electron chi connectivity index (χ2n) is 4.17. The largest absolute Gasteiger partial charge is 0.416 e. The fraction of sp³-hybridized carbons (Fsp3) is 0.385. The lowest BCUT2D eigenvalue weighted by molar-refractivity contribution is -0.143. The van der Waals surface area contributed by atoms with E-state index in [4.69, 9.17) is 0 Å². The monoisotopic (exact) mass is 297 g/mol. The Morgan fingerprint density at radius 1 is 0.950 bits per heavy atom. The maximum absolute atomic E-state index is 12.6. The van der Waals surface area contributed by atoms with Crippen LogP contribution in [0, 0.1) is 0 Å². The standard InChI is InChI=1S/C13H13F6N/c1-2-3-4-20-8-9-5-10(12(14,15)16)7-11(6-9)13(17,18)19/h2,5-7,20H,1,3-4,8H2. The fourth-order valence-electron chi connectivity index (χ4n) is 1.56. The molecule has 0 amide bonds. The molecule has 0 saturated carbocycles. The van der Waals surface area contributed by atoms with E-state index in [-0.39, 0.29) is 18.2 Å². The summed E-state index contributed by atoms with van der Waals surface area (Å²) in [5.41, 5.74) is -2.66. The van der Waals surface area contributed by atoms with Gasteiger partial charge in [-0.3, -0.25) is 0 Å². The third-order valence-electron chi connectivity index (χ3n) is 2.50. The van der Waals surface area contributed by atoms with E-state index < -0.39 is 23.5 Å². The van der Waals surface area contributed by atoms with Crippen molar-refractivity contribution in [1.82, 2.24) is 5.32 Å². The van der Waals surface area contributed by atoms with Crippen LogP contribution in [-0.2, 0) is 18.9 Å². The van der Waals surface area contributed by atoms with Crippen molar-refractivity contribution < 1.29 is 26.3 Å². The SMILES string of the molecule is C=CCCNCc1cc(C(F)(F)F)cc(C(F)(F)F)c1. The number of nitrogens with one attached hydrogen (secondary N) is 1. The zero-order valence-corrected chi connectivity index (χ0v) is 10.4. The molecule has 1 nitrogen and oxygen atoms in total. The van der Waals surface area contributed by atoms with Crippen LogP contribution in [0.4, 0.5) is 26.3 Å². The summed E-state index contributed by atoms with van der Waals surface area (Å²) < 4.78 is 75.5. The van der Waals surface area contributed by atoms with Gasteiger partial charge in [-0.25, -0.2) is 0 Å². The predicted octanol–water partition coefficient (Wildman–Crippen LogP) is 4.39. The maximum atomic E-state index is 12.6. The van der Waals surface area contributed by atoms with Gasteiger partial charge in [0.15, 0.2) is 0 Å². The summed E-state index contributed by atoms with van der Waals surface area (Å²) in [6.07, 6.45) is -7.44. The Hall–Kier alpha value is -1.50. The molecule has 20 heavy (non-hydrogen) atoms. The third kappa shape index (κ3) is 4.88. The third-order valence-corrected chi connectivity index (χ3v) is 2.50. The first-order valence-corrected chi connectivity index (χ1v) is 5.74. The summed E-state index contributed by atoms with van der Waals surface area (Å²) in [5.74, 6) is 0. The van der Waals surface area contributed by atoms with Crippen molar-refractivity contribution in [3.8, 4) is 0 Å². The molecule has 0 aromatic heterocycles. The Morgan fingerprint density at radius 2 is 1.45 bits per heavy atom. The molecule has 0 spiro atoms. The van der Waals surface area contributed by atoms with Gasteiger partial charge in [-0.2, -0.15) is 26.3 Å². The molecule has 0 aliphatic carbocycles. The number of hydrogen-bond acceptors (Lipinski definition) is 1. The minimum absolute atomic E-state index is 0.0591. The highest BCUT2D eigenvalue weighted by atomic mass is 19.4. The van der Waals surface area contributed by atoms with Crippen molar-refractivity contribution in [2.24, 2.45) is 0 Å². The lowest BCUT2D eigenvalue weighted by atomic mass is 10.0. The molecular formula is C13H13F6N. The van der Waals surface area contributed by atoms with Gasteiger partial charge in [0.2, 0.25) is 0 Å². The molecule has 0 aliphatic heterocycles. The molecule has 0 bridgehead atoms. The summed E-state index contributed by atoms with van der Waals surface area (Å²) in [5, 5.41) is 2.75. The number of benzene rings is 1. The van der Waals surface area contributed by atoms with Crippen LogP contribution in [0.5, 0.6) is 0 Å². The van der Waals surface area contributed by atoms with Crippen LogP contribution < -0.4 is 5.32 Å². The highest BCUT2D eigenvalue weighted by molar-refractivity contribution is 5.33. The van der Waals surface area contributed by atoms with E-state index in [1.54, 1.807) is 6.08 Å². The topological polar surface area (TPSA) is 12.0 Å². The smallest absolute Gasteiger partial charge is 0.312 e. The average Bonchev–Trinajstić information content (AvgIpc) is 2.32. The molecule has 1 aromatic rings. The molecule has 1 N–H and O–H groups in total. The molecule has 0 aliphatic rings. The first-order chi connectivity index (χ1) is 9.14. The summed E-state index contributed by atoms with van der Waals surface area (Å²) in [6.45, 7) is 3.82. The van der Waals surface area contributed by atoms with E-state index in [9.17, 15) is 26.3 Å². The second-order valence-corrected chi connectivity index (χ2v) is 4.17. The van der Waals surface area contributed by atoms with Gasteiger partial charge in [0, 0.05) is 6.54 Å². The molecule has 0 radical (unpaired) electrons. The van der Waals surface area contributed by atoms with Crippen molar-refractivity contribution in [3.63, 3.8) is 0 Å². The van der Waals surface area contributed by atoms with Crippen LogP contribution in [0.2, 0.25) is 0 Å². The quantitative estimate of drug-likeness (QED) is 0.483. The Kier molecular flexibility index (Phi) is 5.21. The van der Waals surface area contributed by atoms with E-state index >= 15 is 0 Å². The Bertz CT molecular complexity index is 429. The first-order valence-electron chi connectivity index (χ1n) is 5.74. The van der Waals surface area contributed by atoms with E-state index in [2.05, 4.69) is 11.9 Å². The Morgan fingerprint density at radius 3 is 1.85 bits per heavy atom. The summed E-state index contributed by atoms with van der Waals surface area (Å²) in [6, 6.07) is 1.56. The van der Waals surface area contributed by atoms with Crippen molar-refractivity contribution in [2.45, 2.75) is 25.3 Å². The van der Waals surface area contributed by atoms with Crippen LogP contribution in [0.3, 0.4) is 0 Å². The van der Waals surface area contributed by atoms with Crippen LogP contribution in [-0.4, -0.2) is 6.54 Å². The van der Waals surface area contributed by atoms with E-state index in [1.807, 2.05) is 0 Å². The van der Waals surface area contributed by atoms with Gasteiger partial charge in [-0.1, -0.05) is 6.08 Å². The first kappa shape index (κ1) is 16.6. The van der Waals surface area contributed by atoms with Gasteiger partial charge in [0.25, 0.3) is 0 Å². The Balaban J connectivity index is 3.01. The van der Waals surface area contributed by atoms with E-state index in [1.165, 1.54) is 0 Å². The van der Waals surface area contributed by atoms with Crippen molar-refractivity contribution >= 4 is 0 Å². The zero-order chi connectivity index (χ0) is 15.4. The minimum atomic E-state index is -4.81. The van der Waals surface area contributed by atoms with E-state index in [0.717, 1.165) is 12.1 Å². The van der Waals surface area contributed by atoms with E-state index in [0.29, 0.717) is 13.0 Å². The van der Waals surface area contributed by atoms with Gasteiger partial charge >= 0.3 is 12.4 Å². The minimum Gasteiger partial charge on any atom is -0.312 e. The van der Waals surface area contributed by atoms with Crippen molar-refractivity contribution in [1.29, 1.82) is 0 Å². The highest BCUT2D eigenvalue weighted by Crippen LogP contribution is 2.36. The van der Waals surface area contributed by atoms with Crippen LogP contribution in [0.15, 0.2) is 30.9 Å². The summed E-state index contributed by atoms with van der Waals surface area (Å²) in [4.78, 5) is 0. The molecule has 7 heteroatoms. The fourth-order valence-corrected chi connectivity index (χ4v) is 1.56. The molecule has 112 valence electrons. The molecule has 0 unspecified atom stereocenters. The second kappa shape index (κ2) is 6.30. The zero-order valence-electron chi connectivity index (χ0n) is 10.4. The maximum Gasteiger partial charge on any atom is 0.416 e. The number of halogens is 6. The van der Waals surface area contributed by atoms with Crippen LogP contribution >= 0.6 is 0 Å². The summed E-state index contributed by atoms with van der Waals surface area (Å²) >= 11 is 0. The lowest BCUT2D eigenvalue weighted by Crippen LogP contribution is -2.17. The number of hydrogen-bond donors (Lipinski definition) is 1. The van der Waals surface area contributed by atoms with Gasteiger partial charge in [0.05, 0.1) is 11.1 Å². The average molecular weight is 297 g/mol. The molecule has 0 fully saturated rings. The molecule has 0 atom stereocenters. The van der Waals surface area contributed by atoms with Crippen molar-refractivity contribution in [2.75, 3.05) is 6.54 Å². The number of alkyl halides is 6. The lowest BCUT2D eigenvalue weighted by Gasteiger charge is -2.14. The van der Waals surface area contributed by atoms with Gasteiger partial charge in [-0.05, 0) is 36.7 Å². The van der Waals surface area contributed by atoms with Crippen LogP contribution in [0.25, 0.3) is 0 Å². The predicted molar refractivity (Wildman–Crippen MR) is 63.0 cm³/mol. The van der Waals surface area contributed by atoms with Gasteiger partial charge in [-0.15, -0.1) is 6.58 Å². The Labute approximate surface area is 112 Å². The normalized spacial score (nSPS) is 12.5. The molecule has 0 saturated heterocycles. The van der Waals surface area contributed by atoms with Crippen molar-refractivity contribution in [3.05, 3.63) is 47.5 Å². The molecule has 0 heterocycles. The molecule has 1 rings (SSSR count). The molecule has 1 aromatic carbocycles.